The van der Waals surface area contributed by atoms with E-state index < -0.39 is 33.5 Å². The Kier molecular flexibility index (Phi) is 4.35. The first-order valence-electron chi connectivity index (χ1n) is 5.24. The zero-order valence-corrected chi connectivity index (χ0v) is 13.7. The van der Waals surface area contributed by atoms with E-state index in [4.69, 9.17) is 4.10 Å². The Hall–Kier alpha value is -0.822. The quantitative estimate of drug-likeness (QED) is 0.587. The second kappa shape index (κ2) is 5.66. The van der Waals surface area contributed by atoms with E-state index in [9.17, 15) is 10.3 Å². The van der Waals surface area contributed by atoms with Crippen molar-refractivity contribution in [3.63, 3.8) is 0 Å². The van der Waals surface area contributed by atoms with Gasteiger partial charge in [-0.1, -0.05) is 0 Å². The van der Waals surface area contributed by atoms with Gasteiger partial charge in [-0.25, -0.2) is 0 Å². The van der Waals surface area contributed by atoms with Gasteiger partial charge in [0.25, 0.3) is 0 Å². The van der Waals surface area contributed by atoms with Crippen LogP contribution >= 0.6 is 18.8 Å². The summed E-state index contributed by atoms with van der Waals surface area (Å²) in [7, 11) is 0. The molecule has 4 nitrogen and oxygen atoms in total. The summed E-state index contributed by atoms with van der Waals surface area (Å²) in [4.78, 5) is 0. The summed E-state index contributed by atoms with van der Waals surface area (Å²) in [6.45, 7) is 0. The average molecular weight is 440 g/mol. The minimum absolute atomic E-state index is 0.244. The first-order valence-corrected chi connectivity index (χ1v) is 12.2. The second-order valence-corrected chi connectivity index (χ2v) is 13.0. The minimum atomic E-state index is -5.99. The van der Waals surface area contributed by atoms with Gasteiger partial charge in [-0.05, 0) is 0 Å². The Bertz CT molecular complexity index is 598. The number of hydrogen-bond donors (Lipinski definition) is 1. The van der Waals surface area contributed by atoms with Crippen LogP contribution in [-0.4, -0.2) is 18.7 Å². The molecule has 1 unspecified atom stereocenters. The van der Waals surface area contributed by atoms with Crippen molar-refractivity contribution in [2.24, 2.45) is 0 Å². The molecule has 0 spiro atoms. The Morgan fingerprint density at radius 1 is 0.947 bits per heavy atom. The SMILES string of the molecule is O=[As](O)(F)OI(=O)(c1ccccc1)c1ccccc1. The van der Waals surface area contributed by atoms with Crippen molar-refractivity contribution in [1.29, 1.82) is 0 Å². The molecule has 2 rings (SSSR count). The first-order chi connectivity index (χ1) is 8.92. The van der Waals surface area contributed by atoms with E-state index in [0.29, 0.717) is 0 Å². The van der Waals surface area contributed by atoms with Gasteiger partial charge < -0.3 is 0 Å². The molecule has 1 atom stereocenters. The molecule has 0 saturated heterocycles. The molecule has 0 bridgehead atoms. The van der Waals surface area contributed by atoms with Crippen LogP contribution in [0.5, 0.6) is 0 Å². The fourth-order valence-electron chi connectivity index (χ4n) is 1.49. The predicted octanol–water partition coefficient (Wildman–Crippen LogP) is 2.87. The summed E-state index contributed by atoms with van der Waals surface area (Å²) in [6, 6.07) is 15.9. The predicted molar refractivity (Wildman–Crippen MR) is 75.8 cm³/mol. The van der Waals surface area contributed by atoms with Gasteiger partial charge in [0.05, 0.1) is 0 Å². The van der Waals surface area contributed by atoms with Crippen molar-refractivity contribution in [2.75, 3.05) is 0 Å². The van der Waals surface area contributed by atoms with Crippen LogP contribution in [0.1, 0.15) is 0 Å². The number of benzene rings is 2. The molecule has 0 aliphatic rings. The molecule has 2 aromatic rings. The summed E-state index contributed by atoms with van der Waals surface area (Å²) >= 11 is -10.7. The van der Waals surface area contributed by atoms with Crippen LogP contribution in [-0.2, 0) is 8.86 Å². The fraction of sp³-hybridized carbons (Fsp3) is 0. The molecule has 0 radical (unpaired) electrons. The van der Waals surface area contributed by atoms with Gasteiger partial charge >= 0.3 is 118 Å². The summed E-state index contributed by atoms with van der Waals surface area (Å²) < 4.78 is 50.8. The van der Waals surface area contributed by atoms with Crippen LogP contribution in [0.25, 0.3) is 0 Å². The Balaban J connectivity index is 2.58. The third kappa shape index (κ3) is 3.60. The molecule has 0 amide bonds. The third-order valence-electron chi connectivity index (χ3n) is 2.22. The molecule has 0 heterocycles. The summed E-state index contributed by atoms with van der Waals surface area (Å²) in [6.07, 6.45) is 0. The van der Waals surface area contributed by atoms with E-state index in [2.05, 4.69) is 2.06 Å². The molecule has 2 aromatic carbocycles. The van der Waals surface area contributed by atoms with Crippen LogP contribution in [0.3, 0.4) is 0 Å². The number of hydrogen-bond acceptors (Lipinski definition) is 3. The molecule has 7 heteroatoms. The zero-order valence-electron chi connectivity index (χ0n) is 9.65. The van der Waals surface area contributed by atoms with E-state index in [1.165, 1.54) is 24.3 Å². The third-order valence-corrected chi connectivity index (χ3v) is 13.1. The molecule has 0 aromatic heterocycles. The van der Waals surface area contributed by atoms with Crippen molar-refractivity contribution in [3.8, 4) is 0 Å². The van der Waals surface area contributed by atoms with Crippen LogP contribution in [0, 0.1) is 7.14 Å². The summed E-state index contributed by atoms with van der Waals surface area (Å²) in [5.41, 5.74) is 0. The standard InChI is InChI=1S/C12H11AsFIO4/c14-13(16,17)19-15(18,11-7-3-1-4-8-11)12-9-5-2-6-10-12/h1-10H,(H,16,17). The fourth-order valence-corrected chi connectivity index (χ4v) is 11.7. The van der Waals surface area contributed by atoms with Crippen molar-refractivity contribution >= 4 is 33.5 Å². The molecule has 0 fully saturated rings. The van der Waals surface area contributed by atoms with Gasteiger partial charge in [0.2, 0.25) is 0 Å². The topological polar surface area (TPSA) is 63.6 Å². The van der Waals surface area contributed by atoms with Crippen LogP contribution in [0.15, 0.2) is 60.7 Å². The van der Waals surface area contributed by atoms with E-state index in [1.54, 1.807) is 36.4 Å². The van der Waals surface area contributed by atoms with E-state index in [-0.39, 0.29) is 7.14 Å². The van der Waals surface area contributed by atoms with E-state index in [0.717, 1.165) is 0 Å². The Morgan fingerprint density at radius 3 is 1.63 bits per heavy atom. The summed E-state index contributed by atoms with van der Waals surface area (Å²) in [5.74, 6) is 0. The molecule has 0 aliphatic carbocycles. The Labute approximate surface area is 117 Å². The van der Waals surface area contributed by atoms with Crippen molar-refractivity contribution in [1.82, 2.24) is 0 Å². The maximum atomic E-state index is 13.1. The molecule has 19 heavy (non-hydrogen) atoms. The number of rotatable bonds is 4. The second-order valence-electron chi connectivity index (χ2n) is 3.58. The van der Waals surface area contributed by atoms with Crippen molar-refractivity contribution in [2.45, 2.75) is 0 Å². The van der Waals surface area contributed by atoms with Gasteiger partial charge in [0.1, 0.15) is 0 Å². The maximum absolute atomic E-state index is 13.1. The van der Waals surface area contributed by atoms with Crippen molar-refractivity contribution < 1.29 is 16.4 Å². The van der Waals surface area contributed by atoms with Gasteiger partial charge in [-0.15, -0.1) is 0 Å². The monoisotopic (exact) mass is 440 g/mol. The Morgan fingerprint density at radius 2 is 1.32 bits per heavy atom. The zero-order chi connectivity index (χ0) is 13.9. The first kappa shape index (κ1) is 14.6. The van der Waals surface area contributed by atoms with Gasteiger partial charge in [0, 0.05) is 0 Å². The van der Waals surface area contributed by atoms with Crippen LogP contribution < -0.4 is 0 Å². The molecule has 102 valence electrons. The van der Waals surface area contributed by atoms with Crippen LogP contribution in [0.4, 0.5) is 3.47 Å². The summed E-state index contributed by atoms with van der Waals surface area (Å²) in [5, 5.41) is 0. The van der Waals surface area contributed by atoms with Gasteiger partial charge in [-0.2, -0.15) is 0 Å². The molecular weight excluding hydrogens is 429 g/mol. The molecule has 0 aliphatic heterocycles. The van der Waals surface area contributed by atoms with Gasteiger partial charge in [0.15, 0.2) is 0 Å². The van der Waals surface area contributed by atoms with Crippen LogP contribution in [0.2, 0.25) is 0 Å². The van der Waals surface area contributed by atoms with Crippen molar-refractivity contribution in [3.05, 3.63) is 67.8 Å². The van der Waals surface area contributed by atoms with E-state index in [1.807, 2.05) is 0 Å². The number of halogens is 2. The molecular formula is C12H11AsFIO4. The molecule has 0 saturated carbocycles. The average Bonchev–Trinajstić information content (AvgIpc) is 2.39. The molecule has 1 N–H and O–H groups in total. The van der Waals surface area contributed by atoms with Gasteiger partial charge in [-0.3, -0.25) is 0 Å². The normalized spacial score (nSPS) is 15.7. The van der Waals surface area contributed by atoms with E-state index >= 15 is 0 Å².